The van der Waals surface area contributed by atoms with Crippen molar-refractivity contribution in [2.75, 3.05) is 6.54 Å². The van der Waals surface area contributed by atoms with Gasteiger partial charge in [0.15, 0.2) is 0 Å². The molecule has 1 aliphatic carbocycles. The zero-order valence-electron chi connectivity index (χ0n) is 12.0. The molecule has 2 heterocycles. The summed E-state index contributed by atoms with van der Waals surface area (Å²) in [7, 11) is 0. The average molecular weight is 271 g/mol. The molecule has 1 aromatic rings. The van der Waals surface area contributed by atoms with E-state index in [0.29, 0.717) is 5.92 Å². The van der Waals surface area contributed by atoms with Gasteiger partial charge in [0.25, 0.3) is 0 Å². The van der Waals surface area contributed by atoms with Crippen LogP contribution < -0.4 is 0 Å². The SMILES string of the molecule is C[C@]12CCCC[C@H]1[C@@H]1c3ccccc3CCN1C(=O)O2. The van der Waals surface area contributed by atoms with Gasteiger partial charge in [-0.15, -0.1) is 0 Å². The summed E-state index contributed by atoms with van der Waals surface area (Å²) in [5, 5.41) is 0. The first-order valence-electron chi connectivity index (χ1n) is 7.76. The summed E-state index contributed by atoms with van der Waals surface area (Å²) in [6, 6.07) is 8.86. The molecule has 106 valence electrons. The molecule has 4 rings (SSSR count). The Morgan fingerprint density at radius 1 is 1.30 bits per heavy atom. The minimum absolute atomic E-state index is 0.106. The third-order valence-corrected chi connectivity index (χ3v) is 5.49. The lowest BCUT2D eigenvalue weighted by Gasteiger charge is -2.54. The molecule has 3 atom stereocenters. The summed E-state index contributed by atoms with van der Waals surface area (Å²) in [6.07, 6.45) is 5.45. The number of carbonyl (C=O) groups is 1. The molecular weight excluding hydrogens is 250 g/mol. The quantitative estimate of drug-likeness (QED) is 0.720. The summed E-state index contributed by atoms with van der Waals surface area (Å²) < 4.78 is 5.85. The van der Waals surface area contributed by atoms with Crippen molar-refractivity contribution in [3.63, 3.8) is 0 Å². The number of rotatable bonds is 0. The van der Waals surface area contributed by atoms with Crippen LogP contribution in [0.4, 0.5) is 4.79 Å². The highest BCUT2D eigenvalue weighted by atomic mass is 16.6. The Labute approximate surface area is 119 Å². The number of nitrogens with zero attached hydrogens (tertiary/aromatic N) is 1. The minimum atomic E-state index is -0.263. The number of amides is 1. The lowest BCUT2D eigenvalue weighted by molar-refractivity contribution is -0.126. The summed E-state index contributed by atoms with van der Waals surface area (Å²) in [6.45, 7) is 2.94. The highest BCUT2D eigenvalue weighted by Crippen LogP contribution is 2.51. The van der Waals surface area contributed by atoms with Crippen molar-refractivity contribution in [1.29, 1.82) is 0 Å². The van der Waals surface area contributed by atoms with E-state index in [1.165, 1.54) is 30.4 Å². The van der Waals surface area contributed by atoms with Gasteiger partial charge < -0.3 is 9.64 Å². The Balaban J connectivity index is 1.82. The number of hydrogen-bond acceptors (Lipinski definition) is 2. The van der Waals surface area contributed by atoms with E-state index in [1.54, 1.807) is 0 Å². The molecule has 1 saturated carbocycles. The zero-order valence-corrected chi connectivity index (χ0v) is 12.0. The second kappa shape index (κ2) is 4.24. The van der Waals surface area contributed by atoms with Gasteiger partial charge in [-0.05, 0) is 43.7 Å². The maximum atomic E-state index is 12.4. The molecule has 1 amide bonds. The maximum Gasteiger partial charge on any atom is 0.410 e. The molecule has 0 bridgehead atoms. The molecule has 0 N–H and O–H groups in total. The van der Waals surface area contributed by atoms with Crippen LogP contribution in [0, 0.1) is 5.92 Å². The topological polar surface area (TPSA) is 29.5 Å². The van der Waals surface area contributed by atoms with Crippen LogP contribution in [0.3, 0.4) is 0 Å². The first-order chi connectivity index (χ1) is 9.69. The Morgan fingerprint density at radius 2 is 2.15 bits per heavy atom. The van der Waals surface area contributed by atoms with Gasteiger partial charge >= 0.3 is 6.09 Å². The second-order valence-electron chi connectivity index (χ2n) is 6.62. The average Bonchev–Trinajstić information content (AvgIpc) is 2.46. The van der Waals surface area contributed by atoms with Crippen LogP contribution in [0.1, 0.15) is 49.8 Å². The van der Waals surface area contributed by atoms with Crippen LogP contribution in [0.15, 0.2) is 24.3 Å². The first kappa shape index (κ1) is 12.2. The van der Waals surface area contributed by atoms with Gasteiger partial charge in [0.1, 0.15) is 5.60 Å². The predicted octanol–water partition coefficient (Wildman–Crippen LogP) is 3.68. The second-order valence-corrected chi connectivity index (χ2v) is 6.62. The molecule has 2 aliphatic heterocycles. The highest BCUT2D eigenvalue weighted by molar-refractivity contribution is 5.71. The Kier molecular flexibility index (Phi) is 2.60. The zero-order chi connectivity index (χ0) is 13.7. The molecule has 2 fully saturated rings. The number of fused-ring (bicyclic) bond motifs is 5. The summed E-state index contributed by atoms with van der Waals surface area (Å²) in [5.41, 5.74) is 2.51. The first-order valence-corrected chi connectivity index (χ1v) is 7.76. The van der Waals surface area contributed by atoms with Gasteiger partial charge in [-0.2, -0.15) is 0 Å². The van der Waals surface area contributed by atoms with Crippen LogP contribution >= 0.6 is 0 Å². The van der Waals surface area contributed by atoms with Crippen molar-refractivity contribution in [2.45, 2.75) is 50.7 Å². The van der Waals surface area contributed by atoms with Crippen LogP contribution in [-0.4, -0.2) is 23.1 Å². The van der Waals surface area contributed by atoms with Gasteiger partial charge in [0.2, 0.25) is 0 Å². The molecule has 3 aliphatic rings. The largest absolute Gasteiger partial charge is 0.443 e. The van der Waals surface area contributed by atoms with Gasteiger partial charge in [-0.1, -0.05) is 30.7 Å². The van der Waals surface area contributed by atoms with E-state index in [4.69, 9.17) is 4.74 Å². The van der Waals surface area contributed by atoms with E-state index in [0.717, 1.165) is 19.4 Å². The minimum Gasteiger partial charge on any atom is -0.443 e. The highest BCUT2D eigenvalue weighted by Gasteiger charge is 2.53. The lowest BCUT2D eigenvalue weighted by atomic mass is 9.68. The van der Waals surface area contributed by atoms with E-state index in [1.807, 2.05) is 4.90 Å². The Hall–Kier alpha value is -1.51. The lowest BCUT2D eigenvalue weighted by Crippen LogP contribution is -2.58. The summed E-state index contributed by atoms with van der Waals surface area (Å²) in [4.78, 5) is 14.4. The number of ether oxygens (including phenoxy) is 1. The smallest absolute Gasteiger partial charge is 0.410 e. The van der Waals surface area contributed by atoms with Gasteiger partial charge in [-0.3, -0.25) is 0 Å². The van der Waals surface area contributed by atoms with Gasteiger partial charge in [0, 0.05) is 12.5 Å². The number of benzene rings is 1. The van der Waals surface area contributed by atoms with Crippen molar-refractivity contribution < 1.29 is 9.53 Å². The fourth-order valence-electron chi connectivity index (χ4n) is 4.44. The van der Waals surface area contributed by atoms with Gasteiger partial charge in [-0.25, -0.2) is 4.79 Å². The summed E-state index contributed by atoms with van der Waals surface area (Å²) in [5.74, 6) is 0.440. The number of hydrogen-bond donors (Lipinski definition) is 0. The Morgan fingerprint density at radius 3 is 3.05 bits per heavy atom. The fraction of sp³-hybridized carbons (Fsp3) is 0.588. The van der Waals surface area contributed by atoms with Crippen molar-refractivity contribution in [3.05, 3.63) is 35.4 Å². The molecule has 20 heavy (non-hydrogen) atoms. The van der Waals surface area contributed by atoms with Crippen molar-refractivity contribution in [1.82, 2.24) is 4.90 Å². The van der Waals surface area contributed by atoms with E-state index in [9.17, 15) is 4.79 Å². The molecule has 3 heteroatoms. The van der Waals surface area contributed by atoms with E-state index < -0.39 is 0 Å². The summed E-state index contributed by atoms with van der Waals surface area (Å²) >= 11 is 0. The van der Waals surface area contributed by atoms with E-state index in [-0.39, 0.29) is 17.7 Å². The molecule has 1 aromatic carbocycles. The maximum absolute atomic E-state index is 12.4. The fourth-order valence-corrected chi connectivity index (χ4v) is 4.44. The van der Waals surface area contributed by atoms with E-state index >= 15 is 0 Å². The molecule has 0 spiro atoms. The third kappa shape index (κ3) is 1.62. The van der Waals surface area contributed by atoms with Crippen LogP contribution in [0.25, 0.3) is 0 Å². The van der Waals surface area contributed by atoms with Crippen molar-refractivity contribution in [2.24, 2.45) is 5.92 Å². The van der Waals surface area contributed by atoms with Crippen molar-refractivity contribution in [3.8, 4) is 0 Å². The predicted molar refractivity (Wildman–Crippen MR) is 76.4 cm³/mol. The molecule has 1 saturated heterocycles. The molecule has 3 nitrogen and oxygen atoms in total. The number of carbonyl (C=O) groups excluding carboxylic acids is 1. The third-order valence-electron chi connectivity index (χ3n) is 5.49. The molecule has 0 unspecified atom stereocenters. The van der Waals surface area contributed by atoms with Crippen LogP contribution in [0.5, 0.6) is 0 Å². The van der Waals surface area contributed by atoms with E-state index in [2.05, 4.69) is 31.2 Å². The monoisotopic (exact) mass is 271 g/mol. The van der Waals surface area contributed by atoms with Crippen molar-refractivity contribution >= 4 is 6.09 Å². The molecular formula is C17H21NO2. The normalized spacial score (nSPS) is 35.6. The molecule has 0 radical (unpaired) electrons. The van der Waals surface area contributed by atoms with Crippen LogP contribution in [0.2, 0.25) is 0 Å². The Bertz CT molecular complexity index is 556. The standard InChI is InChI=1S/C17H21NO2/c1-17-10-5-4-8-14(17)15-13-7-3-2-6-12(13)9-11-18(15)16(19)20-17/h2-3,6-7,14-15H,4-5,8-11H2,1H3/t14-,15-,17-/m0/s1. The molecule has 0 aromatic heterocycles. The van der Waals surface area contributed by atoms with Gasteiger partial charge in [0.05, 0.1) is 6.04 Å². The van der Waals surface area contributed by atoms with Crippen LogP contribution in [-0.2, 0) is 11.2 Å².